The van der Waals surface area contributed by atoms with Gasteiger partial charge in [0.25, 0.3) is 0 Å². The SMILES string of the molecule is O=C(CCCCCCCCCCO)CCCCCCCCCCO. The first-order valence-corrected chi connectivity index (χ1v) is 10.5. The lowest BCUT2D eigenvalue weighted by Crippen LogP contribution is -1.97. The molecule has 3 heteroatoms. The third-order valence-electron chi connectivity index (χ3n) is 4.73. The van der Waals surface area contributed by atoms with Crippen LogP contribution in [0, 0.1) is 0 Å². The van der Waals surface area contributed by atoms with Crippen molar-refractivity contribution in [2.75, 3.05) is 13.2 Å². The van der Waals surface area contributed by atoms with E-state index in [1.807, 2.05) is 0 Å². The summed E-state index contributed by atoms with van der Waals surface area (Å²) >= 11 is 0. The molecular formula is C21H42O3. The van der Waals surface area contributed by atoms with Crippen molar-refractivity contribution in [2.45, 2.75) is 116 Å². The first-order valence-electron chi connectivity index (χ1n) is 10.5. The average Bonchev–Trinajstić information content (AvgIpc) is 2.59. The molecule has 0 aromatic rings. The fraction of sp³-hybridized carbons (Fsp3) is 0.952. The summed E-state index contributed by atoms with van der Waals surface area (Å²) in [6.45, 7) is 0.652. The highest BCUT2D eigenvalue weighted by atomic mass is 16.3. The third-order valence-corrected chi connectivity index (χ3v) is 4.73. The molecule has 0 saturated heterocycles. The highest BCUT2D eigenvalue weighted by molar-refractivity contribution is 5.78. The Labute approximate surface area is 150 Å². The Morgan fingerprint density at radius 2 is 0.667 bits per heavy atom. The summed E-state index contributed by atoms with van der Waals surface area (Å²) in [5, 5.41) is 17.4. The number of Topliss-reactive ketones (excluding diaryl/α,β-unsaturated/α-hetero) is 1. The third kappa shape index (κ3) is 19.6. The fourth-order valence-electron chi connectivity index (χ4n) is 3.11. The Morgan fingerprint density at radius 3 is 0.958 bits per heavy atom. The smallest absolute Gasteiger partial charge is 0.132 e. The van der Waals surface area contributed by atoms with Crippen molar-refractivity contribution in [3.63, 3.8) is 0 Å². The Balaban J connectivity index is 3.13. The molecule has 0 aromatic heterocycles. The molecule has 0 bridgehead atoms. The summed E-state index contributed by atoms with van der Waals surface area (Å²) < 4.78 is 0. The van der Waals surface area contributed by atoms with Gasteiger partial charge in [-0.2, -0.15) is 0 Å². The van der Waals surface area contributed by atoms with Crippen LogP contribution in [0.5, 0.6) is 0 Å². The van der Waals surface area contributed by atoms with Crippen LogP contribution in [0.1, 0.15) is 116 Å². The standard InChI is InChI=1S/C21H42O3/c22-19-15-11-7-3-1-5-9-13-17-21(24)18-14-10-6-2-4-8-12-16-20-23/h22-23H,1-20H2. The van der Waals surface area contributed by atoms with E-state index in [4.69, 9.17) is 10.2 Å². The van der Waals surface area contributed by atoms with E-state index in [1.54, 1.807) is 0 Å². The molecule has 0 aromatic carbocycles. The molecule has 0 radical (unpaired) electrons. The maximum absolute atomic E-state index is 11.8. The lowest BCUT2D eigenvalue weighted by molar-refractivity contribution is -0.119. The molecule has 144 valence electrons. The van der Waals surface area contributed by atoms with E-state index in [9.17, 15) is 4.79 Å². The second-order valence-electron chi connectivity index (χ2n) is 7.14. The number of unbranched alkanes of at least 4 members (excludes halogenated alkanes) is 14. The molecule has 0 unspecified atom stereocenters. The van der Waals surface area contributed by atoms with Gasteiger partial charge < -0.3 is 10.2 Å². The van der Waals surface area contributed by atoms with Gasteiger partial charge in [-0.3, -0.25) is 4.79 Å². The summed E-state index contributed by atoms with van der Waals surface area (Å²) in [4.78, 5) is 11.8. The van der Waals surface area contributed by atoms with Crippen LogP contribution in [0.4, 0.5) is 0 Å². The van der Waals surface area contributed by atoms with Crippen LogP contribution >= 0.6 is 0 Å². The van der Waals surface area contributed by atoms with E-state index in [-0.39, 0.29) is 0 Å². The van der Waals surface area contributed by atoms with Crippen LogP contribution in [-0.4, -0.2) is 29.2 Å². The predicted molar refractivity (Wildman–Crippen MR) is 102 cm³/mol. The molecule has 0 rings (SSSR count). The normalized spacial score (nSPS) is 11.1. The predicted octanol–water partition coefficient (Wildman–Crippen LogP) is 5.56. The number of rotatable bonds is 20. The fourth-order valence-corrected chi connectivity index (χ4v) is 3.11. The van der Waals surface area contributed by atoms with Gasteiger partial charge in [0.15, 0.2) is 0 Å². The molecular weight excluding hydrogens is 300 g/mol. The van der Waals surface area contributed by atoms with E-state index in [2.05, 4.69) is 0 Å². The first kappa shape index (κ1) is 23.6. The second kappa shape index (κ2) is 20.6. The molecule has 0 aliphatic heterocycles. The molecule has 0 heterocycles. The van der Waals surface area contributed by atoms with Crippen molar-refractivity contribution in [3.05, 3.63) is 0 Å². The van der Waals surface area contributed by atoms with Crippen molar-refractivity contribution in [1.82, 2.24) is 0 Å². The quantitative estimate of drug-likeness (QED) is 0.285. The van der Waals surface area contributed by atoms with Gasteiger partial charge in [-0.15, -0.1) is 0 Å². The van der Waals surface area contributed by atoms with Crippen molar-refractivity contribution in [2.24, 2.45) is 0 Å². The molecule has 0 atom stereocenters. The number of ketones is 1. The Kier molecular flexibility index (Phi) is 20.3. The number of carbonyl (C=O) groups excluding carboxylic acids is 1. The van der Waals surface area contributed by atoms with Gasteiger partial charge in [0.1, 0.15) is 5.78 Å². The van der Waals surface area contributed by atoms with Crippen molar-refractivity contribution >= 4 is 5.78 Å². The molecule has 0 aliphatic carbocycles. The minimum absolute atomic E-state index is 0.326. The minimum atomic E-state index is 0.326. The van der Waals surface area contributed by atoms with Crippen LogP contribution in [0.25, 0.3) is 0 Å². The molecule has 0 saturated carbocycles. The van der Waals surface area contributed by atoms with Gasteiger partial charge in [0.05, 0.1) is 0 Å². The van der Waals surface area contributed by atoms with Gasteiger partial charge in [0, 0.05) is 26.1 Å². The number of aliphatic hydroxyl groups excluding tert-OH is 2. The summed E-state index contributed by atoms with van der Waals surface area (Å²) in [6.07, 6.45) is 20.4. The van der Waals surface area contributed by atoms with E-state index in [0.717, 1.165) is 51.4 Å². The van der Waals surface area contributed by atoms with E-state index in [1.165, 1.54) is 64.2 Å². The topological polar surface area (TPSA) is 57.5 Å². The van der Waals surface area contributed by atoms with Crippen LogP contribution in [0.2, 0.25) is 0 Å². The maximum Gasteiger partial charge on any atom is 0.132 e. The summed E-state index contributed by atoms with van der Waals surface area (Å²) in [5.41, 5.74) is 0. The highest BCUT2D eigenvalue weighted by Crippen LogP contribution is 2.13. The van der Waals surface area contributed by atoms with Gasteiger partial charge in [-0.1, -0.05) is 77.0 Å². The monoisotopic (exact) mass is 342 g/mol. The lowest BCUT2D eigenvalue weighted by Gasteiger charge is -2.03. The molecule has 2 N–H and O–H groups in total. The van der Waals surface area contributed by atoms with Crippen molar-refractivity contribution < 1.29 is 15.0 Å². The van der Waals surface area contributed by atoms with E-state index < -0.39 is 0 Å². The van der Waals surface area contributed by atoms with Crippen LogP contribution < -0.4 is 0 Å². The molecule has 0 fully saturated rings. The summed E-state index contributed by atoms with van der Waals surface area (Å²) in [5.74, 6) is 0.459. The Bertz CT molecular complexity index is 229. The Morgan fingerprint density at radius 1 is 0.417 bits per heavy atom. The zero-order chi connectivity index (χ0) is 17.7. The number of aliphatic hydroxyl groups is 2. The zero-order valence-corrected chi connectivity index (χ0v) is 15.9. The summed E-state index contributed by atoms with van der Waals surface area (Å²) in [6, 6.07) is 0. The number of carbonyl (C=O) groups is 1. The number of hydrogen-bond donors (Lipinski definition) is 2. The van der Waals surface area contributed by atoms with E-state index >= 15 is 0 Å². The minimum Gasteiger partial charge on any atom is -0.396 e. The van der Waals surface area contributed by atoms with Crippen LogP contribution in [-0.2, 0) is 4.79 Å². The molecule has 0 amide bonds. The second-order valence-corrected chi connectivity index (χ2v) is 7.14. The van der Waals surface area contributed by atoms with Crippen LogP contribution in [0.3, 0.4) is 0 Å². The molecule has 24 heavy (non-hydrogen) atoms. The maximum atomic E-state index is 11.8. The largest absolute Gasteiger partial charge is 0.396 e. The van der Waals surface area contributed by atoms with Gasteiger partial charge in [0.2, 0.25) is 0 Å². The van der Waals surface area contributed by atoms with Gasteiger partial charge in [-0.05, 0) is 25.7 Å². The first-order chi connectivity index (χ1) is 11.8. The van der Waals surface area contributed by atoms with Gasteiger partial charge in [-0.25, -0.2) is 0 Å². The molecule has 0 aliphatic rings. The average molecular weight is 343 g/mol. The molecule has 0 spiro atoms. The summed E-state index contributed by atoms with van der Waals surface area (Å²) in [7, 11) is 0. The Hall–Kier alpha value is -0.410. The number of hydrogen-bond acceptors (Lipinski definition) is 3. The highest BCUT2D eigenvalue weighted by Gasteiger charge is 2.02. The lowest BCUT2D eigenvalue weighted by atomic mass is 10.0. The molecule has 3 nitrogen and oxygen atoms in total. The van der Waals surface area contributed by atoms with Crippen LogP contribution in [0.15, 0.2) is 0 Å². The zero-order valence-electron chi connectivity index (χ0n) is 15.9. The van der Waals surface area contributed by atoms with E-state index in [0.29, 0.717) is 19.0 Å². The van der Waals surface area contributed by atoms with Crippen molar-refractivity contribution in [1.29, 1.82) is 0 Å². The van der Waals surface area contributed by atoms with Crippen molar-refractivity contribution in [3.8, 4) is 0 Å². The van der Waals surface area contributed by atoms with Gasteiger partial charge >= 0.3 is 0 Å².